The second kappa shape index (κ2) is 8.24. The van der Waals surface area contributed by atoms with Crippen molar-refractivity contribution in [3.63, 3.8) is 0 Å². The Morgan fingerprint density at radius 1 is 1.16 bits per heavy atom. The molecule has 0 unspecified atom stereocenters. The average Bonchev–Trinajstić information content (AvgIpc) is 3.40. The molecule has 0 bridgehead atoms. The Morgan fingerprint density at radius 3 is 2.61 bits per heavy atom. The quantitative estimate of drug-likeness (QED) is 0.460. The van der Waals surface area contributed by atoms with E-state index in [1.807, 2.05) is 0 Å². The summed E-state index contributed by atoms with van der Waals surface area (Å²) in [5.41, 5.74) is 1.80. The topological polar surface area (TPSA) is 125 Å². The number of aromatic nitrogens is 5. The standard InChI is InChI=1S/C19H17FN6O4S/c1-21-31(27,28)14-6-3-12(4-7-14)18-24-19(30-25-18)15-10-23-26(2)16(15)11-29-17-8-5-13(20)9-22-17/h3-10,21H,11H2,1-2H3. The normalized spacial score (nSPS) is 11.6. The number of hydrogen-bond acceptors (Lipinski definition) is 8. The van der Waals surface area contributed by atoms with Crippen LogP contribution in [-0.4, -0.2) is 40.4 Å². The van der Waals surface area contributed by atoms with Crippen molar-refractivity contribution in [1.82, 2.24) is 29.6 Å². The Hall–Kier alpha value is -3.64. The fourth-order valence-corrected chi connectivity index (χ4v) is 3.48. The van der Waals surface area contributed by atoms with Gasteiger partial charge in [0.1, 0.15) is 12.4 Å². The van der Waals surface area contributed by atoms with Gasteiger partial charge in [-0.15, -0.1) is 0 Å². The lowest BCUT2D eigenvalue weighted by Crippen LogP contribution is -2.18. The van der Waals surface area contributed by atoms with Crippen molar-refractivity contribution >= 4 is 10.0 Å². The van der Waals surface area contributed by atoms with Gasteiger partial charge in [-0.2, -0.15) is 10.1 Å². The Balaban J connectivity index is 1.56. The summed E-state index contributed by atoms with van der Waals surface area (Å²) in [6.07, 6.45) is 2.63. The van der Waals surface area contributed by atoms with E-state index < -0.39 is 15.8 Å². The van der Waals surface area contributed by atoms with Gasteiger partial charge in [0, 0.05) is 18.7 Å². The summed E-state index contributed by atoms with van der Waals surface area (Å²) in [5, 5.41) is 8.17. The number of benzene rings is 1. The molecule has 12 heteroatoms. The predicted octanol–water partition coefficient (Wildman–Crippen LogP) is 2.16. The van der Waals surface area contributed by atoms with E-state index in [9.17, 15) is 12.8 Å². The zero-order valence-corrected chi connectivity index (χ0v) is 17.3. The summed E-state index contributed by atoms with van der Waals surface area (Å²) in [7, 11) is -0.457. The first kappa shape index (κ1) is 20.6. The van der Waals surface area contributed by atoms with Crippen LogP contribution < -0.4 is 9.46 Å². The molecule has 3 heterocycles. The van der Waals surface area contributed by atoms with Crippen molar-refractivity contribution < 1.29 is 22.1 Å². The number of nitrogens with zero attached hydrogens (tertiary/aromatic N) is 5. The van der Waals surface area contributed by atoms with Crippen LogP contribution in [0.5, 0.6) is 5.88 Å². The molecule has 4 aromatic rings. The van der Waals surface area contributed by atoms with Crippen molar-refractivity contribution in [3.8, 4) is 28.7 Å². The summed E-state index contributed by atoms with van der Waals surface area (Å²) in [4.78, 5) is 8.37. The van der Waals surface area contributed by atoms with Crippen LogP contribution in [-0.2, 0) is 23.7 Å². The van der Waals surface area contributed by atoms with Gasteiger partial charge < -0.3 is 9.26 Å². The lowest BCUT2D eigenvalue weighted by Gasteiger charge is -2.06. The van der Waals surface area contributed by atoms with E-state index in [1.54, 1.807) is 30.1 Å². The molecule has 1 N–H and O–H groups in total. The largest absolute Gasteiger partial charge is 0.471 e. The van der Waals surface area contributed by atoms with E-state index in [2.05, 4.69) is 24.9 Å². The number of sulfonamides is 1. The molecular weight excluding hydrogens is 427 g/mol. The fraction of sp³-hybridized carbons (Fsp3) is 0.158. The third-order valence-corrected chi connectivity index (χ3v) is 5.90. The first-order valence-electron chi connectivity index (χ1n) is 9.00. The number of hydrogen-bond donors (Lipinski definition) is 1. The van der Waals surface area contributed by atoms with Gasteiger partial charge in [-0.05, 0) is 37.4 Å². The van der Waals surface area contributed by atoms with Gasteiger partial charge >= 0.3 is 0 Å². The molecule has 0 aliphatic rings. The number of rotatable bonds is 7. The van der Waals surface area contributed by atoms with Crippen molar-refractivity contribution in [2.45, 2.75) is 11.5 Å². The monoisotopic (exact) mass is 444 g/mol. The molecule has 0 amide bonds. The molecule has 0 spiro atoms. The van der Waals surface area contributed by atoms with Gasteiger partial charge in [0.2, 0.25) is 21.7 Å². The van der Waals surface area contributed by atoms with Gasteiger partial charge in [-0.25, -0.2) is 22.5 Å². The molecule has 0 fully saturated rings. The second-order valence-corrected chi connectivity index (χ2v) is 8.27. The summed E-state index contributed by atoms with van der Waals surface area (Å²) in [6.45, 7) is 0.0960. The summed E-state index contributed by atoms with van der Waals surface area (Å²) >= 11 is 0. The third kappa shape index (κ3) is 4.29. The molecule has 160 valence electrons. The fourth-order valence-electron chi connectivity index (χ4n) is 2.75. The van der Waals surface area contributed by atoms with Gasteiger partial charge in [-0.3, -0.25) is 4.68 Å². The SMILES string of the molecule is CNS(=O)(=O)c1ccc(-c2noc(-c3cnn(C)c3COc3ccc(F)cn3)n2)cc1. The number of halogens is 1. The predicted molar refractivity (Wildman–Crippen MR) is 107 cm³/mol. The van der Waals surface area contributed by atoms with E-state index in [4.69, 9.17) is 9.26 Å². The van der Waals surface area contributed by atoms with E-state index in [0.29, 0.717) is 22.6 Å². The van der Waals surface area contributed by atoms with E-state index in [1.165, 1.54) is 31.3 Å². The second-order valence-electron chi connectivity index (χ2n) is 6.39. The lowest BCUT2D eigenvalue weighted by molar-refractivity contribution is 0.282. The number of nitrogens with one attached hydrogen (secondary N) is 1. The maximum absolute atomic E-state index is 13.0. The molecule has 0 aliphatic carbocycles. The highest BCUT2D eigenvalue weighted by molar-refractivity contribution is 7.89. The van der Waals surface area contributed by atoms with Crippen molar-refractivity contribution in [1.29, 1.82) is 0 Å². The van der Waals surface area contributed by atoms with E-state index in [0.717, 1.165) is 6.20 Å². The van der Waals surface area contributed by atoms with Crippen LogP contribution in [0.4, 0.5) is 4.39 Å². The molecule has 3 aromatic heterocycles. The van der Waals surface area contributed by atoms with Crippen LogP contribution in [0.15, 0.2) is 58.2 Å². The minimum atomic E-state index is -3.53. The molecule has 10 nitrogen and oxygen atoms in total. The van der Waals surface area contributed by atoms with Crippen molar-refractivity contribution in [3.05, 3.63) is 60.3 Å². The molecule has 0 atom stereocenters. The summed E-state index contributed by atoms with van der Waals surface area (Å²) in [6, 6.07) is 8.77. The highest BCUT2D eigenvalue weighted by atomic mass is 32.2. The van der Waals surface area contributed by atoms with Crippen LogP contribution in [0.25, 0.3) is 22.8 Å². The molecule has 31 heavy (non-hydrogen) atoms. The minimum Gasteiger partial charge on any atom is -0.471 e. The molecule has 0 aliphatic heterocycles. The summed E-state index contributed by atoms with van der Waals surface area (Å²) < 4.78 is 51.5. The van der Waals surface area contributed by atoms with Crippen molar-refractivity contribution in [2.24, 2.45) is 7.05 Å². The number of pyridine rings is 1. The maximum atomic E-state index is 13.0. The van der Waals surface area contributed by atoms with Gasteiger partial charge in [0.05, 0.1) is 28.5 Å². The first-order chi connectivity index (χ1) is 14.9. The van der Waals surface area contributed by atoms with Crippen LogP contribution in [0.1, 0.15) is 5.69 Å². The highest BCUT2D eigenvalue weighted by Gasteiger charge is 2.19. The zero-order chi connectivity index (χ0) is 22.0. The smallest absolute Gasteiger partial charge is 0.261 e. The van der Waals surface area contributed by atoms with Crippen LogP contribution in [0, 0.1) is 5.82 Å². The van der Waals surface area contributed by atoms with Crippen LogP contribution >= 0.6 is 0 Å². The third-order valence-electron chi connectivity index (χ3n) is 4.47. The summed E-state index contributed by atoms with van der Waals surface area (Å²) in [5.74, 6) is 0.319. The Kier molecular flexibility index (Phi) is 5.48. The minimum absolute atomic E-state index is 0.0960. The molecule has 4 rings (SSSR count). The molecule has 0 saturated carbocycles. The zero-order valence-electron chi connectivity index (χ0n) is 16.5. The van der Waals surface area contributed by atoms with E-state index >= 15 is 0 Å². The molecular formula is C19H17FN6O4S. The molecule has 1 aromatic carbocycles. The van der Waals surface area contributed by atoms with Gasteiger partial charge in [-0.1, -0.05) is 5.16 Å². The number of aryl methyl sites for hydroxylation is 1. The van der Waals surface area contributed by atoms with E-state index in [-0.39, 0.29) is 23.3 Å². The van der Waals surface area contributed by atoms with Gasteiger partial charge in [0.25, 0.3) is 5.89 Å². The van der Waals surface area contributed by atoms with Crippen molar-refractivity contribution in [2.75, 3.05) is 7.05 Å². The Labute approximate surface area is 176 Å². The Bertz CT molecular complexity index is 1300. The lowest BCUT2D eigenvalue weighted by atomic mass is 10.2. The first-order valence-corrected chi connectivity index (χ1v) is 10.5. The number of ether oxygens (including phenoxy) is 1. The Morgan fingerprint density at radius 2 is 1.94 bits per heavy atom. The molecule has 0 radical (unpaired) electrons. The average molecular weight is 444 g/mol. The molecule has 0 saturated heterocycles. The highest BCUT2D eigenvalue weighted by Crippen LogP contribution is 2.26. The van der Waals surface area contributed by atoms with Gasteiger partial charge in [0.15, 0.2) is 0 Å². The van der Waals surface area contributed by atoms with Crippen LogP contribution in [0.3, 0.4) is 0 Å². The maximum Gasteiger partial charge on any atom is 0.261 e. The van der Waals surface area contributed by atoms with Crippen LogP contribution in [0.2, 0.25) is 0 Å².